The number of aromatic nitrogens is 2. The number of ether oxygens (including phenoxy) is 1. The van der Waals surface area contributed by atoms with E-state index in [9.17, 15) is 14.4 Å². The van der Waals surface area contributed by atoms with Crippen LogP contribution in [0.15, 0.2) is 15.5 Å². The zero-order valence-electron chi connectivity index (χ0n) is 16.9. The van der Waals surface area contributed by atoms with Crippen LogP contribution in [0.3, 0.4) is 0 Å². The second kappa shape index (κ2) is 6.54. The first kappa shape index (κ1) is 18.6. The number of furan rings is 1. The second-order valence-corrected chi connectivity index (χ2v) is 9.23. The van der Waals surface area contributed by atoms with Crippen molar-refractivity contribution in [1.82, 2.24) is 9.55 Å². The molecule has 4 aliphatic rings. The van der Waals surface area contributed by atoms with E-state index in [4.69, 9.17) is 9.15 Å². The van der Waals surface area contributed by atoms with Gasteiger partial charge in [-0.25, -0.2) is 9.78 Å². The Kier molecular flexibility index (Phi) is 4.19. The number of carbonyl (C=O) groups is 2. The zero-order chi connectivity index (χ0) is 20.3. The molecule has 2 aromatic rings. The topological polar surface area (TPSA) is 91.4 Å². The van der Waals surface area contributed by atoms with Gasteiger partial charge in [0.1, 0.15) is 23.0 Å². The highest BCUT2D eigenvalue weighted by atomic mass is 16.5. The molecule has 2 heterocycles. The maximum absolute atomic E-state index is 13.4. The standard InChI is InChI=1S/C22H26N2O5/c1-3-28-21(27)17-12(2)29-19-18(17)20(26)24(11-23-19)10-16(25)22-7-13-4-14(8-22)6-15(5-13)9-22/h11,13-15H,3-10H2,1-2H3. The smallest absolute Gasteiger partial charge is 0.342 e. The Morgan fingerprint density at radius 3 is 2.41 bits per heavy atom. The first-order chi connectivity index (χ1) is 13.9. The lowest BCUT2D eigenvalue weighted by molar-refractivity contribution is -0.144. The highest BCUT2D eigenvalue weighted by molar-refractivity contribution is 6.03. The van der Waals surface area contributed by atoms with Crippen molar-refractivity contribution in [2.24, 2.45) is 23.2 Å². The Balaban J connectivity index is 1.49. The lowest BCUT2D eigenvalue weighted by Gasteiger charge is -2.56. The highest BCUT2D eigenvalue weighted by Crippen LogP contribution is 2.60. The van der Waals surface area contributed by atoms with E-state index in [2.05, 4.69) is 4.98 Å². The first-order valence-electron chi connectivity index (χ1n) is 10.6. The minimum absolute atomic E-state index is 0.000423. The SMILES string of the molecule is CCOC(=O)c1c(C)oc2ncn(CC(=O)C34CC5CC(CC(C5)C3)C4)c(=O)c12. The summed E-state index contributed by atoms with van der Waals surface area (Å²) >= 11 is 0. The normalized spacial score (nSPS) is 30.1. The van der Waals surface area contributed by atoms with Gasteiger partial charge in [-0.3, -0.25) is 14.2 Å². The summed E-state index contributed by atoms with van der Waals surface area (Å²) in [6, 6.07) is 0. The molecule has 6 rings (SSSR count). The molecule has 2 aromatic heterocycles. The minimum Gasteiger partial charge on any atom is -0.462 e. The van der Waals surface area contributed by atoms with Crippen LogP contribution >= 0.6 is 0 Å². The van der Waals surface area contributed by atoms with Crippen molar-refractivity contribution in [2.75, 3.05) is 6.61 Å². The molecule has 0 aromatic carbocycles. The number of fused-ring (bicyclic) bond motifs is 1. The van der Waals surface area contributed by atoms with Gasteiger partial charge in [0.15, 0.2) is 5.78 Å². The number of aryl methyl sites for hydroxylation is 1. The summed E-state index contributed by atoms with van der Waals surface area (Å²) in [4.78, 5) is 43.0. The van der Waals surface area contributed by atoms with Gasteiger partial charge in [0.25, 0.3) is 5.56 Å². The summed E-state index contributed by atoms with van der Waals surface area (Å²) in [6.45, 7) is 3.51. The summed E-state index contributed by atoms with van der Waals surface area (Å²) in [5.74, 6) is 1.82. The van der Waals surface area contributed by atoms with Gasteiger partial charge in [-0.05, 0) is 70.1 Å². The van der Waals surface area contributed by atoms with E-state index in [0.717, 1.165) is 19.3 Å². The molecule has 154 valence electrons. The lowest BCUT2D eigenvalue weighted by atomic mass is 9.48. The van der Waals surface area contributed by atoms with Crippen molar-refractivity contribution in [2.45, 2.75) is 58.9 Å². The Bertz CT molecular complexity index is 1030. The maximum Gasteiger partial charge on any atom is 0.342 e. The van der Waals surface area contributed by atoms with E-state index < -0.39 is 11.5 Å². The van der Waals surface area contributed by atoms with Crippen LogP contribution < -0.4 is 5.56 Å². The second-order valence-electron chi connectivity index (χ2n) is 9.23. The van der Waals surface area contributed by atoms with Crippen LogP contribution in [-0.4, -0.2) is 27.9 Å². The van der Waals surface area contributed by atoms with Gasteiger partial charge in [0, 0.05) is 5.41 Å². The maximum atomic E-state index is 13.4. The minimum atomic E-state index is -0.604. The number of rotatable bonds is 5. The number of esters is 1. The van der Waals surface area contributed by atoms with Gasteiger partial charge in [0.2, 0.25) is 5.71 Å². The van der Waals surface area contributed by atoms with Crippen LogP contribution in [0.2, 0.25) is 0 Å². The van der Waals surface area contributed by atoms with Crippen molar-refractivity contribution < 1.29 is 18.7 Å². The summed E-state index contributed by atoms with van der Waals surface area (Å²) in [7, 11) is 0. The number of ketones is 1. The molecule has 0 N–H and O–H groups in total. The predicted octanol–water partition coefficient (Wildman–Crippen LogP) is 3.26. The molecule has 0 radical (unpaired) electrons. The zero-order valence-corrected chi connectivity index (χ0v) is 16.9. The molecule has 0 aliphatic heterocycles. The summed E-state index contributed by atoms with van der Waals surface area (Å²) in [6.07, 6.45) is 8.02. The molecule has 4 bridgehead atoms. The van der Waals surface area contributed by atoms with E-state index in [1.54, 1.807) is 13.8 Å². The fourth-order valence-corrected chi connectivity index (χ4v) is 6.47. The average Bonchev–Trinajstić information content (AvgIpc) is 3.00. The largest absolute Gasteiger partial charge is 0.462 e. The van der Waals surface area contributed by atoms with Crippen molar-refractivity contribution in [3.8, 4) is 0 Å². The van der Waals surface area contributed by atoms with Crippen molar-refractivity contribution in [3.63, 3.8) is 0 Å². The first-order valence-corrected chi connectivity index (χ1v) is 10.6. The van der Waals surface area contributed by atoms with Crippen LogP contribution in [0, 0.1) is 30.1 Å². The van der Waals surface area contributed by atoms with Gasteiger partial charge in [-0.2, -0.15) is 0 Å². The van der Waals surface area contributed by atoms with Gasteiger partial charge >= 0.3 is 5.97 Å². The predicted molar refractivity (Wildman–Crippen MR) is 105 cm³/mol. The van der Waals surface area contributed by atoms with E-state index in [0.29, 0.717) is 23.5 Å². The summed E-state index contributed by atoms with van der Waals surface area (Å²) in [5.41, 5.74) is -0.489. The molecule has 0 amide bonds. The van der Waals surface area contributed by atoms with Crippen LogP contribution in [0.25, 0.3) is 11.1 Å². The molecular formula is C22H26N2O5. The Morgan fingerprint density at radius 1 is 1.21 bits per heavy atom. The van der Waals surface area contributed by atoms with Crippen molar-refractivity contribution in [1.29, 1.82) is 0 Å². The van der Waals surface area contributed by atoms with Gasteiger partial charge < -0.3 is 9.15 Å². The number of hydrogen-bond acceptors (Lipinski definition) is 6. The van der Waals surface area contributed by atoms with Crippen molar-refractivity contribution in [3.05, 3.63) is 28.0 Å². The Labute approximate surface area is 168 Å². The molecule has 4 aliphatic carbocycles. The van der Waals surface area contributed by atoms with E-state index in [1.807, 2.05) is 0 Å². The third-order valence-electron chi connectivity index (χ3n) is 7.28. The molecule has 0 saturated heterocycles. The average molecular weight is 398 g/mol. The number of nitrogens with zero attached hydrogens (tertiary/aromatic N) is 2. The lowest BCUT2D eigenvalue weighted by Crippen LogP contribution is -2.51. The Hall–Kier alpha value is -2.44. The molecular weight excluding hydrogens is 372 g/mol. The number of Topliss-reactive ketones (excluding diaryl/α,β-unsaturated/α-hetero) is 1. The summed E-state index contributed by atoms with van der Waals surface area (Å²) < 4.78 is 11.9. The number of hydrogen-bond donors (Lipinski definition) is 0. The quantitative estimate of drug-likeness (QED) is 0.718. The van der Waals surface area contributed by atoms with E-state index in [1.165, 1.54) is 30.2 Å². The fraction of sp³-hybridized carbons (Fsp3) is 0.636. The van der Waals surface area contributed by atoms with Gasteiger partial charge in [-0.15, -0.1) is 0 Å². The van der Waals surface area contributed by atoms with Crippen LogP contribution in [0.5, 0.6) is 0 Å². The van der Waals surface area contributed by atoms with Crippen LogP contribution in [0.1, 0.15) is 61.6 Å². The third-order valence-corrected chi connectivity index (χ3v) is 7.28. The van der Waals surface area contributed by atoms with E-state index >= 15 is 0 Å². The Morgan fingerprint density at radius 2 is 1.83 bits per heavy atom. The molecule has 4 saturated carbocycles. The molecule has 29 heavy (non-hydrogen) atoms. The van der Waals surface area contributed by atoms with E-state index in [-0.39, 0.29) is 41.0 Å². The number of carbonyl (C=O) groups excluding carboxylic acids is 2. The third kappa shape index (κ3) is 2.85. The van der Waals surface area contributed by atoms with Crippen LogP contribution in [-0.2, 0) is 16.1 Å². The van der Waals surface area contributed by atoms with Crippen LogP contribution in [0.4, 0.5) is 0 Å². The molecule has 0 atom stereocenters. The molecule has 0 spiro atoms. The van der Waals surface area contributed by atoms with Crippen molar-refractivity contribution >= 4 is 22.9 Å². The summed E-state index contributed by atoms with van der Waals surface area (Å²) in [5, 5.41) is 0.0989. The molecule has 0 unspecified atom stereocenters. The fourth-order valence-electron chi connectivity index (χ4n) is 6.47. The van der Waals surface area contributed by atoms with Gasteiger partial charge in [-0.1, -0.05) is 0 Å². The molecule has 7 nitrogen and oxygen atoms in total. The molecule has 7 heteroatoms. The highest BCUT2D eigenvalue weighted by Gasteiger charge is 2.54. The molecule has 4 fully saturated rings. The van der Waals surface area contributed by atoms with Gasteiger partial charge in [0.05, 0.1) is 13.2 Å². The monoisotopic (exact) mass is 398 g/mol.